The van der Waals surface area contributed by atoms with Crippen molar-refractivity contribution in [2.75, 3.05) is 25.1 Å². The van der Waals surface area contributed by atoms with E-state index in [0.29, 0.717) is 29.8 Å². The Morgan fingerprint density at radius 3 is 2.43 bits per heavy atom. The molecule has 3 aliphatic rings. The summed E-state index contributed by atoms with van der Waals surface area (Å²) >= 11 is 0. The molecule has 0 spiro atoms. The molecule has 1 aliphatic heterocycles. The first-order valence-electron chi connectivity index (χ1n) is 8.69. The zero-order chi connectivity index (χ0) is 15.8. The molecule has 1 saturated heterocycles. The Hall–Kier alpha value is -1.85. The maximum absolute atomic E-state index is 12.2. The van der Waals surface area contributed by atoms with Gasteiger partial charge in [-0.3, -0.25) is 4.79 Å². The molecule has 23 heavy (non-hydrogen) atoms. The highest BCUT2D eigenvalue weighted by molar-refractivity contribution is 5.81. The van der Waals surface area contributed by atoms with Gasteiger partial charge in [0, 0.05) is 37.2 Å². The Morgan fingerprint density at radius 1 is 1.13 bits per heavy atom. The third-order valence-corrected chi connectivity index (χ3v) is 5.14. The van der Waals surface area contributed by atoms with Gasteiger partial charge in [-0.1, -0.05) is 0 Å². The van der Waals surface area contributed by atoms with Crippen molar-refractivity contribution in [2.45, 2.75) is 50.6 Å². The van der Waals surface area contributed by atoms with Crippen molar-refractivity contribution in [3.8, 4) is 5.88 Å². The lowest BCUT2D eigenvalue weighted by atomic mass is 10.0. The summed E-state index contributed by atoms with van der Waals surface area (Å²) in [5.41, 5.74) is 0. The second-order valence-corrected chi connectivity index (χ2v) is 6.89. The van der Waals surface area contributed by atoms with Gasteiger partial charge in [0.05, 0.1) is 7.11 Å². The molecule has 0 atom stereocenters. The van der Waals surface area contributed by atoms with Crippen molar-refractivity contribution in [3.63, 3.8) is 0 Å². The molecule has 3 fully saturated rings. The van der Waals surface area contributed by atoms with Gasteiger partial charge in [0.2, 0.25) is 11.8 Å². The number of amides is 1. The minimum Gasteiger partial charge on any atom is -0.481 e. The van der Waals surface area contributed by atoms with Crippen LogP contribution in [-0.4, -0.2) is 53.1 Å². The number of ether oxygens (including phenoxy) is 1. The summed E-state index contributed by atoms with van der Waals surface area (Å²) in [5.74, 6) is 2.29. The highest BCUT2D eigenvalue weighted by Gasteiger charge is 2.39. The molecule has 1 aromatic rings. The molecule has 0 radical (unpaired) electrons. The molecule has 6 heteroatoms. The second-order valence-electron chi connectivity index (χ2n) is 6.89. The SMILES string of the molecule is COc1cc(N(C2CC2)C2CCN(C(=O)C3CC3)CC2)ncn1. The number of rotatable bonds is 5. The average molecular weight is 316 g/mol. The molecule has 0 aromatic carbocycles. The molecule has 6 nitrogen and oxygen atoms in total. The minimum atomic E-state index is 0.331. The van der Waals surface area contributed by atoms with Crippen LogP contribution >= 0.6 is 0 Å². The lowest BCUT2D eigenvalue weighted by Crippen LogP contribution is -2.48. The molecule has 2 saturated carbocycles. The number of anilines is 1. The summed E-state index contributed by atoms with van der Waals surface area (Å²) in [6.45, 7) is 1.76. The first-order chi connectivity index (χ1) is 11.3. The smallest absolute Gasteiger partial charge is 0.225 e. The molecule has 0 bridgehead atoms. The van der Waals surface area contributed by atoms with Crippen molar-refractivity contribution in [1.82, 2.24) is 14.9 Å². The van der Waals surface area contributed by atoms with Crippen molar-refractivity contribution in [3.05, 3.63) is 12.4 Å². The number of carbonyl (C=O) groups excluding carboxylic acids is 1. The summed E-state index contributed by atoms with van der Waals surface area (Å²) in [5, 5.41) is 0. The van der Waals surface area contributed by atoms with Gasteiger partial charge in [-0.25, -0.2) is 9.97 Å². The molecule has 1 aromatic heterocycles. The average Bonchev–Trinajstić information content (AvgIpc) is 3.48. The van der Waals surface area contributed by atoms with E-state index in [2.05, 4.69) is 19.8 Å². The summed E-state index contributed by atoms with van der Waals surface area (Å²) < 4.78 is 5.24. The van der Waals surface area contributed by atoms with E-state index in [9.17, 15) is 4.79 Å². The van der Waals surface area contributed by atoms with Crippen LogP contribution in [0.2, 0.25) is 0 Å². The Bertz CT molecular complexity index is 578. The summed E-state index contributed by atoms with van der Waals surface area (Å²) in [4.78, 5) is 25.3. The maximum atomic E-state index is 12.2. The molecule has 0 N–H and O–H groups in total. The Balaban J connectivity index is 1.45. The molecular formula is C17H24N4O2. The van der Waals surface area contributed by atoms with E-state index in [4.69, 9.17) is 4.74 Å². The Kier molecular flexibility index (Phi) is 3.83. The molecule has 0 unspecified atom stereocenters. The Labute approximate surface area is 136 Å². The maximum Gasteiger partial charge on any atom is 0.225 e. The van der Waals surface area contributed by atoms with Crippen LogP contribution in [0.1, 0.15) is 38.5 Å². The van der Waals surface area contributed by atoms with Crippen molar-refractivity contribution in [1.29, 1.82) is 0 Å². The van der Waals surface area contributed by atoms with Crippen LogP contribution in [0, 0.1) is 5.92 Å². The van der Waals surface area contributed by atoms with E-state index in [1.807, 2.05) is 6.07 Å². The fourth-order valence-electron chi connectivity index (χ4n) is 3.56. The van der Waals surface area contributed by atoms with Crippen LogP contribution in [0.15, 0.2) is 12.4 Å². The van der Waals surface area contributed by atoms with Crippen molar-refractivity contribution in [2.24, 2.45) is 5.92 Å². The highest BCUT2D eigenvalue weighted by atomic mass is 16.5. The van der Waals surface area contributed by atoms with Gasteiger partial charge in [-0.2, -0.15) is 0 Å². The molecule has 1 amide bonds. The standard InChI is InChI=1S/C17H24N4O2/c1-23-16-10-15(18-11-19-16)21(13-4-5-13)14-6-8-20(9-7-14)17(22)12-2-3-12/h10-14H,2-9H2,1H3. The van der Waals surface area contributed by atoms with Crippen molar-refractivity contribution >= 4 is 11.7 Å². The number of hydrogen-bond donors (Lipinski definition) is 0. The van der Waals surface area contributed by atoms with E-state index in [1.165, 1.54) is 12.8 Å². The minimum absolute atomic E-state index is 0.331. The number of hydrogen-bond acceptors (Lipinski definition) is 5. The number of likely N-dealkylation sites (tertiary alicyclic amines) is 1. The number of nitrogens with zero attached hydrogens (tertiary/aromatic N) is 4. The fourth-order valence-corrected chi connectivity index (χ4v) is 3.56. The van der Waals surface area contributed by atoms with Crippen LogP contribution in [0.25, 0.3) is 0 Å². The Morgan fingerprint density at radius 2 is 1.83 bits per heavy atom. The lowest BCUT2D eigenvalue weighted by Gasteiger charge is -2.39. The predicted octanol–water partition coefficient (Wildman–Crippen LogP) is 1.85. The molecular weight excluding hydrogens is 292 g/mol. The number of methoxy groups -OCH3 is 1. The van der Waals surface area contributed by atoms with Crippen LogP contribution < -0.4 is 9.64 Å². The number of carbonyl (C=O) groups is 1. The summed E-state index contributed by atoms with van der Waals surface area (Å²) in [6, 6.07) is 2.98. The van der Waals surface area contributed by atoms with E-state index in [0.717, 1.165) is 44.6 Å². The highest BCUT2D eigenvalue weighted by Crippen LogP contribution is 2.37. The monoisotopic (exact) mass is 316 g/mol. The largest absolute Gasteiger partial charge is 0.481 e. The van der Waals surface area contributed by atoms with Gasteiger partial charge in [-0.05, 0) is 38.5 Å². The third kappa shape index (κ3) is 3.12. The van der Waals surface area contributed by atoms with Gasteiger partial charge in [0.1, 0.15) is 12.1 Å². The van der Waals surface area contributed by atoms with Gasteiger partial charge in [0.25, 0.3) is 0 Å². The van der Waals surface area contributed by atoms with E-state index >= 15 is 0 Å². The molecule has 2 aliphatic carbocycles. The lowest BCUT2D eigenvalue weighted by molar-refractivity contribution is -0.133. The van der Waals surface area contributed by atoms with Crippen LogP contribution in [0.5, 0.6) is 5.88 Å². The summed E-state index contributed by atoms with van der Waals surface area (Å²) in [6.07, 6.45) is 8.28. The van der Waals surface area contributed by atoms with Gasteiger partial charge >= 0.3 is 0 Å². The second kappa shape index (κ2) is 5.98. The van der Waals surface area contributed by atoms with Gasteiger partial charge in [0.15, 0.2) is 0 Å². The predicted molar refractivity (Wildman–Crippen MR) is 86.4 cm³/mol. The summed E-state index contributed by atoms with van der Waals surface area (Å²) in [7, 11) is 1.63. The van der Waals surface area contributed by atoms with Crippen LogP contribution in [-0.2, 0) is 4.79 Å². The first kappa shape index (κ1) is 14.7. The number of piperidine rings is 1. The normalized spacial score (nSPS) is 22.0. The van der Waals surface area contributed by atoms with Crippen molar-refractivity contribution < 1.29 is 9.53 Å². The van der Waals surface area contributed by atoms with E-state index in [-0.39, 0.29) is 0 Å². The zero-order valence-electron chi connectivity index (χ0n) is 13.6. The molecule has 4 rings (SSSR count). The zero-order valence-corrected chi connectivity index (χ0v) is 13.6. The van der Waals surface area contributed by atoms with Gasteiger partial charge < -0.3 is 14.5 Å². The van der Waals surface area contributed by atoms with Gasteiger partial charge in [-0.15, -0.1) is 0 Å². The van der Waals surface area contributed by atoms with Crippen LogP contribution in [0.3, 0.4) is 0 Å². The van der Waals surface area contributed by atoms with E-state index in [1.54, 1.807) is 13.4 Å². The third-order valence-electron chi connectivity index (χ3n) is 5.14. The quantitative estimate of drug-likeness (QED) is 0.830. The van der Waals surface area contributed by atoms with E-state index < -0.39 is 0 Å². The molecule has 124 valence electrons. The fraction of sp³-hybridized carbons (Fsp3) is 0.706. The number of aromatic nitrogens is 2. The van der Waals surface area contributed by atoms with Crippen LogP contribution in [0.4, 0.5) is 5.82 Å². The topological polar surface area (TPSA) is 58.6 Å². The first-order valence-corrected chi connectivity index (χ1v) is 8.69. The molecule has 2 heterocycles.